The van der Waals surface area contributed by atoms with E-state index in [0.29, 0.717) is 30.2 Å². The quantitative estimate of drug-likeness (QED) is 0.739. The number of anilines is 1. The molecule has 0 aliphatic carbocycles. The van der Waals surface area contributed by atoms with Gasteiger partial charge in [0.2, 0.25) is 0 Å². The molecule has 1 aromatic rings. The maximum absolute atomic E-state index is 12.0. The van der Waals surface area contributed by atoms with E-state index >= 15 is 0 Å². The van der Waals surface area contributed by atoms with Crippen molar-refractivity contribution in [2.75, 3.05) is 24.3 Å². The van der Waals surface area contributed by atoms with Crippen molar-refractivity contribution in [2.45, 2.75) is 33.2 Å². The molecule has 1 heterocycles. The van der Waals surface area contributed by atoms with Gasteiger partial charge in [0.1, 0.15) is 5.69 Å². The molecule has 0 aromatic carbocycles. The van der Waals surface area contributed by atoms with Gasteiger partial charge in [-0.3, -0.25) is 9.48 Å². The minimum absolute atomic E-state index is 0.126. The van der Waals surface area contributed by atoms with Crippen molar-refractivity contribution < 1.29 is 4.79 Å². The van der Waals surface area contributed by atoms with Crippen LogP contribution in [0.3, 0.4) is 0 Å². The van der Waals surface area contributed by atoms with Crippen LogP contribution in [0.4, 0.5) is 5.69 Å². The number of nitrogen functional groups attached to an aromatic ring is 1. The van der Waals surface area contributed by atoms with Crippen molar-refractivity contribution in [1.82, 2.24) is 15.1 Å². The number of aryl methyl sites for hydroxylation is 2. The average molecular weight is 270 g/mol. The lowest BCUT2D eigenvalue weighted by Crippen LogP contribution is -2.28. The number of carbonyl (C=O) groups is 1. The van der Waals surface area contributed by atoms with E-state index in [0.717, 1.165) is 18.6 Å². The van der Waals surface area contributed by atoms with Crippen LogP contribution in [0.1, 0.15) is 35.9 Å². The number of rotatable bonds is 7. The fourth-order valence-electron chi connectivity index (χ4n) is 1.72. The first-order chi connectivity index (χ1) is 8.61. The van der Waals surface area contributed by atoms with Gasteiger partial charge >= 0.3 is 0 Å². The molecule has 0 saturated heterocycles. The maximum Gasteiger partial charge on any atom is 0.271 e. The van der Waals surface area contributed by atoms with Gasteiger partial charge in [-0.15, -0.1) is 0 Å². The smallest absolute Gasteiger partial charge is 0.271 e. The number of hydrogen-bond donors (Lipinski definition) is 2. The third-order valence-corrected chi connectivity index (χ3v) is 3.45. The second kappa shape index (κ2) is 7.31. The van der Waals surface area contributed by atoms with E-state index < -0.39 is 0 Å². The Morgan fingerprint density at radius 2 is 2.22 bits per heavy atom. The van der Waals surface area contributed by atoms with Gasteiger partial charge in [0, 0.05) is 13.1 Å². The van der Waals surface area contributed by atoms with E-state index in [1.165, 1.54) is 0 Å². The molecular weight excluding hydrogens is 248 g/mol. The van der Waals surface area contributed by atoms with Crippen molar-refractivity contribution >= 4 is 23.4 Å². The number of unbranched alkanes of at least 4 members (excludes halogenated alkanes) is 1. The number of nitrogens with one attached hydrogen (secondary N) is 1. The molecule has 3 N–H and O–H groups in total. The molecule has 0 aliphatic heterocycles. The van der Waals surface area contributed by atoms with Crippen molar-refractivity contribution in [3.8, 4) is 0 Å². The number of aromatic nitrogens is 2. The van der Waals surface area contributed by atoms with E-state index in [1.54, 1.807) is 4.68 Å². The van der Waals surface area contributed by atoms with Gasteiger partial charge in [-0.05, 0) is 38.7 Å². The second-order valence-corrected chi connectivity index (χ2v) is 5.10. The Kier molecular flexibility index (Phi) is 6.04. The number of thioether (sulfide) groups is 1. The molecule has 0 unspecified atom stereocenters. The highest BCUT2D eigenvalue weighted by Crippen LogP contribution is 2.16. The Morgan fingerprint density at radius 1 is 1.50 bits per heavy atom. The van der Waals surface area contributed by atoms with Crippen LogP contribution in [0.2, 0.25) is 0 Å². The second-order valence-electron chi connectivity index (χ2n) is 4.12. The number of carbonyl (C=O) groups excluding carboxylic acids is 1. The maximum atomic E-state index is 12.0. The third-order valence-electron chi connectivity index (χ3n) is 2.75. The third kappa shape index (κ3) is 3.66. The van der Waals surface area contributed by atoms with Gasteiger partial charge in [0.25, 0.3) is 5.91 Å². The van der Waals surface area contributed by atoms with Crippen molar-refractivity contribution in [3.63, 3.8) is 0 Å². The van der Waals surface area contributed by atoms with Gasteiger partial charge < -0.3 is 11.1 Å². The molecule has 1 rings (SSSR count). The lowest BCUT2D eigenvalue weighted by molar-refractivity contribution is 0.0943. The first-order valence-electron chi connectivity index (χ1n) is 6.21. The Balaban J connectivity index is 2.56. The zero-order valence-electron chi connectivity index (χ0n) is 11.3. The normalized spacial score (nSPS) is 10.6. The van der Waals surface area contributed by atoms with E-state index in [-0.39, 0.29) is 5.91 Å². The summed E-state index contributed by atoms with van der Waals surface area (Å²) in [6, 6.07) is 0. The van der Waals surface area contributed by atoms with Gasteiger partial charge in [-0.25, -0.2) is 0 Å². The molecule has 0 aliphatic rings. The van der Waals surface area contributed by atoms with Crippen LogP contribution in [0.15, 0.2) is 0 Å². The number of hydrogen-bond acceptors (Lipinski definition) is 4. The molecule has 102 valence electrons. The summed E-state index contributed by atoms with van der Waals surface area (Å²) in [5.74, 6) is 1.00. The molecular formula is C12H22N4OS. The van der Waals surface area contributed by atoms with Gasteiger partial charge in [-0.2, -0.15) is 16.9 Å². The van der Waals surface area contributed by atoms with Crippen molar-refractivity contribution in [2.24, 2.45) is 0 Å². The van der Waals surface area contributed by atoms with Crippen LogP contribution in [0, 0.1) is 6.92 Å². The molecule has 0 fully saturated rings. The van der Waals surface area contributed by atoms with E-state index in [1.807, 2.05) is 25.6 Å². The lowest BCUT2D eigenvalue weighted by Gasteiger charge is -2.07. The summed E-state index contributed by atoms with van der Waals surface area (Å²) in [5, 5.41) is 7.13. The number of amides is 1. The summed E-state index contributed by atoms with van der Waals surface area (Å²) in [6.07, 6.45) is 4.19. The van der Waals surface area contributed by atoms with Crippen LogP contribution < -0.4 is 11.1 Å². The molecule has 0 saturated carbocycles. The monoisotopic (exact) mass is 270 g/mol. The van der Waals surface area contributed by atoms with E-state index in [9.17, 15) is 4.79 Å². The zero-order valence-corrected chi connectivity index (χ0v) is 12.1. The summed E-state index contributed by atoms with van der Waals surface area (Å²) in [6.45, 7) is 5.10. The summed E-state index contributed by atoms with van der Waals surface area (Å²) in [7, 11) is 0. The highest BCUT2D eigenvalue weighted by Gasteiger charge is 2.18. The summed E-state index contributed by atoms with van der Waals surface area (Å²) in [5.41, 5.74) is 7.57. The Hall–Kier alpha value is -1.17. The fraction of sp³-hybridized carbons (Fsp3) is 0.667. The van der Waals surface area contributed by atoms with Crippen molar-refractivity contribution in [3.05, 3.63) is 11.4 Å². The molecule has 0 spiro atoms. The molecule has 0 radical (unpaired) electrons. The lowest BCUT2D eigenvalue weighted by atomic mass is 10.2. The zero-order chi connectivity index (χ0) is 13.5. The SMILES string of the molecule is CCn1nc(C)c(N)c1C(=O)NCCCCSC. The number of nitrogens with two attached hydrogens (primary N) is 1. The topological polar surface area (TPSA) is 72.9 Å². The van der Waals surface area contributed by atoms with Crippen molar-refractivity contribution in [1.29, 1.82) is 0 Å². The average Bonchev–Trinajstić information content (AvgIpc) is 2.65. The van der Waals surface area contributed by atoms with Gasteiger partial charge in [0.05, 0.1) is 11.4 Å². The Morgan fingerprint density at radius 3 is 2.83 bits per heavy atom. The highest BCUT2D eigenvalue weighted by atomic mass is 32.2. The highest BCUT2D eigenvalue weighted by molar-refractivity contribution is 7.98. The first kappa shape index (κ1) is 14.9. The fourth-order valence-corrected chi connectivity index (χ4v) is 2.21. The molecule has 5 nitrogen and oxygen atoms in total. The molecule has 0 bridgehead atoms. The number of nitrogens with zero attached hydrogens (tertiary/aromatic N) is 2. The van der Waals surface area contributed by atoms with E-state index in [2.05, 4.69) is 16.7 Å². The molecule has 6 heteroatoms. The standard InChI is InChI=1S/C12H22N4OS/c1-4-16-11(10(13)9(2)15-16)12(17)14-7-5-6-8-18-3/h4-8,13H2,1-3H3,(H,14,17). The van der Waals surface area contributed by atoms with Crippen LogP contribution in [0.25, 0.3) is 0 Å². The summed E-state index contributed by atoms with van der Waals surface area (Å²) in [4.78, 5) is 12.0. The minimum atomic E-state index is -0.126. The molecule has 1 amide bonds. The predicted octanol–water partition coefficient (Wildman–Crippen LogP) is 1.67. The minimum Gasteiger partial charge on any atom is -0.395 e. The van der Waals surface area contributed by atoms with Gasteiger partial charge in [-0.1, -0.05) is 0 Å². The van der Waals surface area contributed by atoms with Crippen LogP contribution in [0.5, 0.6) is 0 Å². The summed E-state index contributed by atoms with van der Waals surface area (Å²) >= 11 is 1.82. The first-order valence-corrected chi connectivity index (χ1v) is 7.61. The summed E-state index contributed by atoms with van der Waals surface area (Å²) < 4.78 is 1.65. The van der Waals surface area contributed by atoms with Crippen LogP contribution in [-0.4, -0.2) is 34.2 Å². The Bertz CT molecular complexity index is 403. The Labute approximate surface area is 112 Å². The molecule has 18 heavy (non-hydrogen) atoms. The van der Waals surface area contributed by atoms with Crippen LogP contribution >= 0.6 is 11.8 Å². The predicted molar refractivity (Wildman–Crippen MR) is 77.0 cm³/mol. The molecule has 1 aromatic heterocycles. The molecule has 0 atom stereocenters. The largest absolute Gasteiger partial charge is 0.395 e. The van der Waals surface area contributed by atoms with E-state index in [4.69, 9.17) is 5.73 Å². The van der Waals surface area contributed by atoms with Gasteiger partial charge in [0.15, 0.2) is 0 Å². The van der Waals surface area contributed by atoms with Crippen LogP contribution in [-0.2, 0) is 6.54 Å².